The molecule has 3 heterocycles. The van der Waals surface area contributed by atoms with E-state index in [4.69, 9.17) is 15.0 Å². The van der Waals surface area contributed by atoms with E-state index >= 15 is 0 Å². The molecule has 45 heavy (non-hydrogen) atoms. The highest BCUT2D eigenvalue weighted by Gasteiger charge is 2.46. The Morgan fingerprint density at radius 2 is 1.82 bits per heavy atom. The fraction of sp³-hybridized carbons (Fsp3) is 0.367. The highest BCUT2D eigenvalue weighted by atomic mass is 32.1. The Hall–Kier alpha value is -4.02. The zero-order valence-electron chi connectivity index (χ0n) is 24.3. The number of fused-ring (bicyclic) bond motifs is 2. The Balaban J connectivity index is 1.40. The average Bonchev–Trinajstić information content (AvgIpc) is 3.64. The number of anilines is 1. The molecule has 11 nitrogen and oxygen atoms in total. The molecule has 4 amide bonds. The Morgan fingerprint density at radius 1 is 1.11 bits per heavy atom. The number of benzene rings is 2. The number of carbonyl (C=O) groups excluding carboxylic acids is 4. The van der Waals surface area contributed by atoms with E-state index in [1.807, 2.05) is 6.07 Å². The van der Waals surface area contributed by atoms with Crippen LogP contribution in [0.1, 0.15) is 47.0 Å². The van der Waals surface area contributed by atoms with Crippen LogP contribution in [-0.4, -0.2) is 81.5 Å². The van der Waals surface area contributed by atoms with E-state index in [-0.39, 0.29) is 34.7 Å². The van der Waals surface area contributed by atoms with E-state index in [2.05, 4.69) is 5.32 Å². The molecule has 2 aliphatic heterocycles. The number of halogens is 2. The van der Waals surface area contributed by atoms with E-state index in [9.17, 15) is 28.0 Å². The number of thiophene rings is 1. The van der Waals surface area contributed by atoms with Crippen molar-refractivity contribution in [3.63, 3.8) is 0 Å². The maximum absolute atomic E-state index is 14.2. The molecule has 1 aromatic heterocycles. The molecule has 2 aliphatic rings. The number of amides is 4. The molecule has 3 N–H and O–H groups in total. The largest absolute Gasteiger partial charge is 0.346 e. The van der Waals surface area contributed by atoms with Crippen molar-refractivity contribution >= 4 is 59.1 Å². The molecule has 3 atom stereocenters. The number of nitrogens with one attached hydrogen (secondary N) is 1. The van der Waals surface area contributed by atoms with Gasteiger partial charge in [-0.15, -0.1) is 11.3 Å². The Labute approximate surface area is 262 Å². The van der Waals surface area contributed by atoms with E-state index in [0.29, 0.717) is 41.8 Å². The predicted molar refractivity (Wildman–Crippen MR) is 163 cm³/mol. The van der Waals surface area contributed by atoms with Crippen molar-refractivity contribution in [1.82, 2.24) is 15.1 Å². The molecular formula is C30H30F2N5O6PS. The van der Waals surface area contributed by atoms with Crippen LogP contribution in [0.25, 0.3) is 10.1 Å². The van der Waals surface area contributed by atoms with Crippen molar-refractivity contribution in [3.8, 4) is 6.07 Å². The molecule has 0 radical (unpaired) electrons. The van der Waals surface area contributed by atoms with Gasteiger partial charge in [-0.05, 0) is 67.1 Å². The van der Waals surface area contributed by atoms with Gasteiger partial charge < -0.3 is 29.8 Å². The summed E-state index contributed by atoms with van der Waals surface area (Å²) in [6.45, 7) is 1.58. The van der Waals surface area contributed by atoms with E-state index < -0.39 is 43.5 Å². The summed E-state index contributed by atoms with van der Waals surface area (Å²) >= 11 is 1.01. The van der Waals surface area contributed by atoms with Crippen LogP contribution in [-0.2, 0) is 20.0 Å². The summed E-state index contributed by atoms with van der Waals surface area (Å²) in [5.74, 6) is -1.77. The molecule has 0 spiro atoms. The second kappa shape index (κ2) is 12.8. The minimum atomic E-state index is -3.86. The van der Waals surface area contributed by atoms with E-state index in [1.54, 1.807) is 31.3 Å². The Morgan fingerprint density at radius 3 is 2.47 bits per heavy atom. The molecule has 0 saturated carbocycles. The van der Waals surface area contributed by atoms with Crippen LogP contribution in [0.2, 0.25) is 0 Å². The van der Waals surface area contributed by atoms with Gasteiger partial charge in [-0.25, -0.2) is 0 Å². The van der Waals surface area contributed by atoms with E-state index in [0.717, 1.165) is 23.5 Å². The molecule has 0 bridgehead atoms. The molecule has 2 fully saturated rings. The zero-order chi connectivity index (χ0) is 32.6. The zero-order valence-corrected chi connectivity index (χ0v) is 26.0. The summed E-state index contributed by atoms with van der Waals surface area (Å²) in [4.78, 5) is 76.5. The van der Waals surface area contributed by atoms with Gasteiger partial charge in [0.1, 0.15) is 12.1 Å². The van der Waals surface area contributed by atoms with Crippen molar-refractivity contribution in [2.75, 3.05) is 25.0 Å². The van der Waals surface area contributed by atoms with Crippen LogP contribution in [0.4, 0.5) is 14.5 Å². The third-order valence-corrected chi connectivity index (χ3v) is 10.2. The third-order valence-electron chi connectivity index (χ3n) is 8.28. The van der Waals surface area contributed by atoms with Crippen LogP contribution >= 0.6 is 19.7 Å². The maximum Gasteiger partial charge on any atom is 0.339 e. The number of hydrogen-bond acceptors (Lipinski definition) is 8. The number of hydrogen-bond donors (Lipinski definition) is 3. The maximum atomic E-state index is 14.2. The number of carbonyl (C=O) groups is 4. The first kappa shape index (κ1) is 32.4. The van der Waals surface area contributed by atoms with Crippen LogP contribution in [0, 0.1) is 11.3 Å². The van der Waals surface area contributed by atoms with Crippen LogP contribution in [0.15, 0.2) is 48.5 Å². The van der Waals surface area contributed by atoms with Gasteiger partial charge in [0.25, 0.3) is 5.91 Å². The molecular weight excluding hydrogens is 627 g/mol. The second-order valence-corrected chi connectivity index (χ2v) is 13.2. The monoisotopic (exact) mass is 657 g/mol. The quantitative estimate of drug-likeness (QED) is 0.343. The van der Waals surface area contributed by atoms with E-state index in [1.165, 1.54) is 33.8 Å². The van der Waals surface area contributed by atoms with Gasteiger partial charge in [0.05, 0.1) is 16.5 Å². The van der Waals surface area contributed by atoms with Crippen LogP contribution < -0.4 is 10.2 Å². The number of alkyl halides is 2. The van der Waals surface area contributed by atoms with Gasteiger partial charge in [0, 0.05) is 49.1 Å². The van der Waals surface area contributed by atoms with Gasteiger partial charge in [-0.2, -0.15) is 14.0 Å². The summed E-state index contributed by atoms with van der Waals surface area (Å²) in [6, 6.07) is 11.1. The number of likely N-dealkylation sites (N-methyl/N-ethyl adjacent to an activating group) is 1. The number of nitrogens with zero attached hydrogens (tertiary/aromatic N) is 4. The fourth-order valence-corrected chi connectivity index (χ4v) is 7.12. The minimum absolute atomic E-state index is 0.118. The first-order chi connectivity index (χ1) is 21.3. The summed E-state index contributed by atoms with van der Waals surface area (Å²) in [5, 5.41) is 12.1. The number of nitriles is 1. The average molecular weight is 658 g/mol. The highest BCUT2D eigenvalue weighted by Crippen LogP contribution is 2.53. The van der Waals surface area contributed by atoms with Crippen molar-refractivity contribution < 1.29 is 37.7 Å². The number of rotatable bonds is 6. The molecule has 0 unspecified atom stereocenters. The molecule has 236 valence electrons. The lowest BCUT2D eigenvalue weighted by molar-refractivity contribution is -0.144. The first-order valence-corrected chi connectivity index (χ1v) is 16.1. The fourth-order valence-electron chi connectivity index (χ4n) is 5.81. The van der Waals surface area contributed by atoms with Crippen LogP contribution in [0.5, 0.6) is 0 Å². The molecule has 2 saturated heterocycles. The van der Waals surface area contributed by atoms with Crippen molar-refractivity contribution in [1.29, 1.82) is 5.26 Å². The molecule has 2 aromatic carbocycles. The Kier molecular flexibility index (Phi) is 9.19. The topological polar surface area (TPSA) is 154 Å². The van der Waals surface area contributed by atoms with Gasteiger partial charge >= 0.3 is 5.66 Å². The van der Waals surface area contributed by atoms with Gasteiger partial charge in [0.15, 0.2) is 0 Å². The lowest BCUT2D eigenvalue weighted by Crippen LogP contribution is -2.61. The summed E-state index contributed by atoms with van der Waals surface area (Å²) < 4.78 is 28.9. The minimum Gasteiger partial charge on any atom is -0.346 e. The first-order valence-electron chi connectivity index (χ1n) is 14.1. The van der Waals surface area contributed by atoms with Gasteiger partial charge in [-0.1, -0.05) is 6.07 Å². The molecule has 5 rings (SSSR count). The predicted octanol–water partition coefficient (Wildman–Crippen LogP) is 3.49. The SMILES string of the molecule is CC(=O)N1CC[C@H]2CC[C@@H](C(=O)N(C)c3ccc(C#N)cc3)N2C(=O)[C@@H](NC(=O)c2cc3cc(C(F)(F)P(O)O)ccc3s2)C1. The third kappa shape index (κ3) is 6.39. The lowest BCUT2D eigenvalue weighted by Gasteiger charge is -2.39. The van der Waals surface area contributed by atoms with Gasteiger partial charge in [-0.3, -0.25) is 19.2 Å². The summed E-state index contributed by atoms with van der Waals surface area (Å²) in [5.41, 5.74) is -3.47. The normalized spacial score (nSPS) is 20.4. The second-order valence-electron chi connectivity index (χ2n) is 11.0. The van der Waals surface area contributed by atoms with Crippen LogP contribution in [0.3, 0.4) is 0 Å². The van der Waals surface area contributed by atoms with Crippen molar-refractivity contribution in [2.24, 2.45) is 0 Å². The highest BCUT2D eigenvalue weighted by molar-refractivity contribution is 7.46. The smallest absolute Gasteiger partial charge is 0.339 e. The summed E-state index contributed by atoms with van der Waals surface area (Å²) in [6.07, 6.45) is 1.39. The summed E-state index contributed by atoms with van der Waals surface area (Å²) in [7, 11) is -1.98. The molecule has 3 aromatic rings. The Bertz CT molecular complexity index is 1690. The molecule has 0 aliphatic carbocycles. The van der Waals surface area contributed by atoms with Crippen molar-refractivity contribution in [2.45, 2.75) is 50.0 Å². The van der Waals surface area contributed by atoms with Gasteiger partial charge in [0.2, 0.25) is 26.1 Å². The molecule has 15 heteroatoms. The van der Waals surface area contributed by atoms with Crippen molar-refractivity contribution in [3.05, 3.63) is 64.5 Å². The standard InChI is InChI=1S/C30H30F2N5O6PS/c1-17(38)36-12-11-22-8-9-24(29(41)35(2)21-6-3-18(15-33)4-7-21)37(22)28(40)23(16-36)34-27(39)26-14-19-13-20(5-10-25(19)45-26)30(31,32)44(42)43/h3-7,10,13-14,22-24,42-43H,8-9,11-12,16H2,1-2H3,(H,34,39)/t22-,23+,24+/m1/s1. The lowest BCUT2D eigenvalue weighted by atomic mass is 10.1.